The van der Waals surface area contributed by atoms with Crippen molar-refractivity contribution in [3.05, 3.63) is 30.3 Å². The third kappa shape index (κ3) is 4.83. The maximum absolute atomic E-state index is 13.8. The standard InChI is InChI=1S/C24H29F2N5O3/c1-22(25,26)14-17(20(33)29-23(15-27)7-8-23)13-19(32)30-11-9-24(10-12-30)21(34)28-16-31(24)18-5-3-2-4-6-18/h2-6,17H,7-14,16H2,1H3,(H,28,34)(H,29,33)/t17-/m0/s1. The van der Waals surface area contributed by atoms with Gasteiger partial charge in [0.1, 0.15) is 11.1 Å². The summed E-state index contributed by atoms with van der Waals surface area (Å²) in [5.74, 6) is -5.53. The minimum Gasteiger partial charge on any atom is -0.342 e. The number of para-hydroxylation sites is 1. The Morgan fingerprint density at radius 3 is 2.41 bits per heavy atom. The summed E-state index contributed by atoms with van der Waals surface area (Å²) >= 11 is 0. The maximum Gasteiger partial charge on any atom is 0.247 e. The van der Waals surface area contributed by atoms with E-state index in [1.807, 2.05) is 41.3 Å². The highest BCUT2D eigenvalue weighted by Crippen LogP contribution is 2.38. The molecule has 3 aliphatic rings. The molecule has 0 aromatic heterocycles. The number of rotatable bonds is 7. The van der Waals surface area contributed by atoms with Crippen LogP contribution in [0.3, 0.4) is 0 Å². The zero-order valence-corrected chi connectivity index (χ0v) is 19.2. The van der Waals surface area contributed by atoms with Crippen molar-refractivity contribution in [2.45, 2.75) is 62.4 Å². The van der Waals surface area contributed by atoms with Crippen molar-refractivity contribution >= 4 is 23.4 Å². The van der Waals surface area contributed by atoms with E-state index in [4.69, 9.17) is 0 Å². The summed E-state index contributed by atoms with van der Waals surface area (Å²) in [6.07, 6.45) is 0.626. The fourth-order valence-electron chi connectivity index (χ4n) is 4.92. The van der Waals surface area contributed by atoms with Crippen LogP contribution in [0.5, 0.6) is 0 Å². The van der Waals surface area contributed by atoms with Crippen LogP contribution in [0.2, 0.25) is 0 Å². The Kier molecular flexibility index (Phi) is 6.23. The van der Waals surface area contributed by atoms with Crippen LogP contribution in [0.1, 0.15) is 45.4 Å². The van der Waals surface area contributed by atoms with Crippen molar-refractivity contribution in [2.75, 3.05) is 24.7 Å². The number of amides is 3. The zero-order valence-electron chi connectivity index (χ0n) is 19.2. The van der Waals surface area contributed by atoms with Gasteiger partial charge in [-0.15, -0.1) is 0 Å². The molecule has 0 bridgehead atoms. The molecule has 3 fully saturated rings. The minimum absolute atomic E-state index is 0.0856. The van der Waals surface area contributed by atoms with Gasteiger partial charge in [0.2, 0.25) is 23.6 Å². The van der Waals surface area contributed by atoms with Gasteiger partial charge in [0, 0.05) is 31.6 Å². The van der Waals surface area contributed by atoms with Crippen LogP contribution in [-0.2, 0) is 14.4 Å². The molecule has 2 aliphatic heterocycles. The lowest BCUT2D eigenvalue weighted by Gasteiger charge is -2.43. The van der Waals surface area contributed by atoms with Crippen LogP contribution in [0.25, 0.3) is 0 Å². The number of nitrogens with one attached hydrogen (secondary N) is 2. The Morgan fingerprint density at radius 1 is 1.21 bits per heavy atom. The lowest BCUT2D eigenvalue weighted by molar-refractivity contribution is -0.140. The highest BCUT2D eigenvalue weighted by Gasteiger charge is 2.51. The number of anilines is 1. The number of halogens is 2. The van der Waals surface area contributed by atoms with E-state index in [9.17, 15) is 28.4 Å². The third-order valence-electron chi connectivity index (χ3n) is 7.07. The second kappa shape index (κ2) is 8.85. The van der Waals surface area contributed by atoms with Gasteiger partial charge in [0.25, 0.3) is 0 Å². The van der Waals surface area contributed by atoms with Crippen LogP contribution in [0.4, 0.5) is 14.5 Å². The molecule has 10 heteroatoms. The highest BCUT2D eigenvalue weighted by molar-refractivity contribution is 5.94. The fourth-order valence-corrected chi connectivity index (χ4v) is 4.92. The molecule has 1 aliphatic carbocycles. The van der Waals surface area contributed by atoms with Crippen LogP contribution >= 0.6 is 0 Å². The average Bonchev–Trinajstić information content (AvgIpc) is 3.51. The smallest absolute Gasteiger partial charge is 0.247 e. The summed E-state index contributed by atoms with van der Waals surface area (Å²) in [6.45, 7) is 1.67. The number of benzene rings is 1. The van der Waals surface area contributed by atoms with E-state index in [1.54, 1.807) is 4.90 Å². The minimum atomic E-state index is -3.13. The van der Waals surface area contributed by atoms with Gasteiger partial charge in [-0.2, -0.15) is 5.26 Å². The number of alkyl halides is 2. The summed E-state index contributed by atoms with van der Waals surface area (Å²) in [5.41, 5.74) is -0.847. The molecule has 2 N–H and O–H groups in total. The predicted molar refractivity (Wildman–Crippen MR) is 120 cm³/mol. The third-order valence-corrected chi connectivity index (χ3v) is 7.07. The number of piperidine rings is 1. The van der Waals surface area contributed by atoms with Crippen LogP contribution in [-0.4, -0.2) is 59.4 Å². The monoisotopic (exact) mass is 473 g/mol. The number of nitrogens with zero attached hydrogens (tertiary/aromatic N) is 3. The molecule has 1 aromatic carbocycles. The van der Waals surface area contributed by atoms with Gasteiger partial charge in [-0.25, -0.2) is 8.78 Å². The second-order valence-electron chi connectivity index (χ2n) is 9.70. The van der Waals surface area contributed by atoms with E-state index in [0.29, 0.717) is 32.4 Å². The summed E-state index contributed by atoms with van der Waals surface area (Å²) in [4.78, 5) is 42.0. The largest absolute Gasteiger partial charge is 0.342 e. The first-order chi connectivity index (χ1) is 16.1. The number of likely N-dealkylation sites (tertiary alicyclic amines) is 1. The van der Waals surface area contributed by atoms with Crippen molar-refractivity contribution in [2.24, 2.45) is 5.92 Å². The Balaban J connectivity index is 1.42. The predicted octanol–water partition coefficient (Wildman–Crippen LogP) is 2.17. The van der Waals surface area contributed by atoms with Crippen LogP contribution in [0, 0.1) is 17.2 Å². The van der Waals surface area contributed by atoms with Gasteiger partial charge in [-0.05, 0) is 44.7 Å². The molecule has 4 rings (SSSR count). The van der Waals surface area contributed by atoms with E-state index >= 15 is 0 Å². The molecule has 2 saturated heterocycles. The number of carbonyl (C=O) groups is 3. The topological polar surface area (TPSA) is 106 Å². The van der Waals surface area contributed by atoms with Gasteiger partial charge in [-0.3, -0.25) is 14.4 Å². The number of hydrogen-bond acceptors (Lipinski definition) is 5. The molecule has 1 aromatic rings. The molecule has 1 saturated carbocycles. The number of nitriles is 1. The van der Waals surface area contributed by atoms with Crippen molar-refractivity contribution in [1.29, 1.82) is 5.26 Å². The van der Waals surface area contributed by atoms with Gasteiger partial charge >= 0.3 is 0 Å². The lowest BCUT2D eigenvalue weighted by Crippen LogP contribution is -2.57. The molecule has 0 radical (unpaired) electrons. The molecule has 3 amide bonds. The zero-order chi connectivity index (χ0) is 24.6. The summed E-state index contributed by atoms with van der Waals surface area (Å²) in [5, 5.41) is 14.7. The van der Waals surface area contributed by atoms with Crippen LogP contribution < -0.4 is 15.5 Å². The van der Waals surface area contributed by atoms with Crippen molar-refractivity contribution < 1.29 is 23.2 Å². The molecule has 0 unspecified atom stereocenters. The Hall–Kier alpha value is -3.22. The number of hydrogen-bond donors (Lipinski definition) is 2. The van der Waals surface area contributed by atoms with E-state index in [1.165, 1.54) is 0 Å². The Morgan fingerprint density at radius 2 is 1.85 bits per heavy atom. The normalized spacial score (nSPS) is 21.5. The second-order valence-corrected chi connectivity index (χ2v) is 9.70. The average molecular weight is 474 g/mol. The SMILES string of the molecule is CC(F)(F)C[C@H](CC(=O)N1CCC2(CC1)C(=O)NCN2c1ccccc1)C(=O)NC1(C#N)CC1. The molecule has 2 heterocycles. The molecule has 8 nitrogen and oxygen atoms in total. The van der Waals surface area contributed by atoms with E-state index in [2.05, 4.69) is 10.6 Å². The molecule has 34 heavy (non-hydrogen) atoms. The van der Waals surface area contributed by atoms with E-state index in [0.717, 1.165) is 12.6 Å². The molecule has 182 valence electrons. The molecule has 1 atom stereocenters. The van der Waals surface area contributed by atoms with Gasteiger partial charge < -0.3 is 20.4 Å². The first-order valence-corrected chi connectivity index (χ1v) is 11.6. The molecular formula is C24H29F2N5O3. The molecular weight excluding hydrogens is 444 g/mol. The summed E-state index contributed by atoms with van der Waals surface area (Å²) in [6, 6.07) is 11.6. The van der Waals surface area contributed by atoms with Gasteiger partial charge in [0.05, 0.1) is 18.7 Å². The maximum atomic E-state index is 13.8. The van der Waals surface area contributed by atoms with Gasteiger partial charge in [0.15, 0.2) is 0 Å². The Bertz CT molecular complexity index is 992. The summed E-state index contributed by atoms with van der Waals surface area (Å²) in [7, 11) is 0. The number of carbonyl (C=O) groups excluding carboxylic acids is 3. The lowest BCUT2D eigenvalue weighted by atomic mass is 9.85. The van der Waals surface area contributed by atoms with Gasteiger partial charge in [-0.1, -0.05) is 18.2 Å². The molecule has 1 spiro atoms. The first kappa shape index (κ1) is 23.9. The highest BCUT2D eigenvalue weighted by atomic mass is 19.3. The van der Waals surface area contributed by atoms with E-state index < -0.39 is 41.2 Å². The summed E-state index contributed by atoms with van der Waals surface area (Å²) < 4.78 is 27.6. The Labute approximate surface area is 197 Å². The van der Waals surface area contributed by atoms with E-state index in [-0.39, 0.29) is 25.4 Å². The first-order valence-electron chi connectivity index (χ1n) is 11.6. The van der Waals surface area contributed by atoms with Crippen LogP contribution in [0.15, 0.2) is 30.3 Å². The van der Waals surface area contributed by atoms with Crippen molar-refractivity contribution in [1.82, 2.24) is 15.5 Å². The van der Waals surface area contributed by atoms with Crippen molar-refractivity contribution in [3.63, 3.8) is 0 Å². The quantitative estimate of drug-likeness (QED) is 0.632. The van der Waals surface area contributed by atoms with Crippen molar-refractivity contribution in [3.8, 4) is 6.07 Å². The fraction of sp³-hybridized carbons (Fsp3) is 0.583.